The quantitative estimate of drug-likeness (QED) is 0.475. The number of ether oxygens (including phenoxy) is 1. The minimum absolute atomic E-state index is 0.242. The Morgan fingerprint density at radius 1 is 1.30 bits per heavy atom. The topological polar surface area (TPSA) is 61.0 Å². The molecule has 0 radical (unpaired) electrons. The van der Waals surface area contributed by atoms with Crippen LogP contribution in [0.3, 0.4) is 0 Å². The highest BCUT2D eigenvalue weighted by Gasteiger charge is 2.27. The normalized spacial score (nSPS) is 17.1. The zero-order valence-corrected chi connectivity index (χ0v) is 17.1. The first-order chi connectivity index (χ1) is 13.1. The Labute approximate surface area is 167 Å². The molecule has 3 aromatic rings. The average Bonchev–Trinajstić information content (AvgIpc) is 3.04. The molecule has 0 aliphatic carbocycles. The zero-order chi connectivity index (χ0) is 18.8. The highest BCUT2D eigenvalue weighted by Crippen LogP contribution is 2.39. The molecule has 2 N–H and O–H groups in total. The van der Waals surface area contributed by atoms with Crippen molar-refractivity contribution in [1.29, 1.82) is 0 Å². The van der Waals surface area contributed by atoms with Gasteiger partial charge in [0.05, 0.1) is 18.1 Å². The van der Waals surface area contributed by atoms with Crippen molar-refractivity contribution in [2.24, 2.45) is 5.92 Å². The van der Waals surface area contributed by atoms with Gasteiger partial charge >= 0.3 is 0 Å². The summed E-state index contributed by atoms with van der Waals surface area (Å²) in [5, 5.41) is 1.77. The first kappa shape index (κ1) is 18.5. The van der Waals surface area contributed by atoms with Crippen LogP contribution in [0.5, 0.6) is 0 Å². The van der Waals surface area contributed by atoms with Crippen LogP contribution in [0.1, 0.15) is 29.9 Å². The maximum Gasteiger partial charge on any atom is 0.191 e. The standard InChI is InChI=1S/C21H23N3OS2/c1-13(2)16-11-15-17(12-25-16)27-20-18(15)19(22)23-21(24-20)26-10-6-9-14-7-4-3-5-8-14/h3-9,13,16H,10-12H2,1-2H3,(H2,22,23,24)/b9-6+. The number of anilines is 1. The van der Waals surface area contributed by atoms with Crippen LogP contribution in [0, 0.1) is 5.92 Å². The number of hydrogen-bond acceptors (Lipinski definition) is 6. The highest BCUT2D eigenvalue weighted by molar-refractivity contribution is 7.99. The van der Waals surface area contributed by atoms with Crippen molar-refractivity contribution in [3.8, 4) is 0 Å². The number of benzene rings is 1. The van der Waals surface area contributed by atoms with Crippen molar-refractivity contribution in [2.75, 3.05) is 11.5 Å². The van der Waals surface area contributed by atoms with Crippen LogP contribution in [0.4, 0.5) is 5.82 Å². The first-order valence-electron chi connectivity index (χ1n) is 9.15. The minimum Gasteiger partial charge on any atom is -0.383 e. The molecule has 1 aromatic carbocycles. The molecule has 1 aliphatic heterocycles. The van der Waals surface area contributed by atoms with E-state index in [1.165, 1.54) is 16.0 Å². The third-order valence-electron chi connectivity index (χ3n) is 4.74. The lowest BCUT2D eigenvalue weighted by Gasteiger charge is -2.26. The molecule has 0 spiro atoms. The molecule has 140 valence electrons. The van der Waals surface area contributed by atoms with E-state index in [0.717, 1.165) is 27.5 Å². The van der Waals surface area contributed by atoms with E-state index >= 15 is 0 Å². The summed E-state index contributed by atoms with van der Waals surface area (Å²) < 4.78 is 5.99. The second-order valence-corrected chi connectivity index (χ2v) is 9.07. The molecular weight excluding hydrogens is 374 g/mol. The van der Waals surface area contributed by atoms with Crippen LogP contribution in [0.2, 0.25) is 0 Å². The van der Waals surface area contributed by atoms with Crippen molar-refractivity contribution in [2.45, 2.75) is 38.1 Å². The summed E-state index contributed by atoms with van der Waals surface area (Å²) in [6, 6.07) is 10.3. The summed E-state index contributed by atoms with van der Waals surface area (Å²) in [6.07, 6.45) is 5.38. The number of nitrogens with two attached hydrogens (primary N) is 1. The van der Waals surface area contributed by atoms with Crippen LogP contribution < -0.4 is 5.73 Å². The molecule has 0 bridgehead atoms. The average molecular weight is 398 g/mol. The molecule has 27 heavy (non-hydrogen) atoms. The predicted molar refractivity (Wildman–Crippen MR) is 115 cm³/mol. The number of nitrogen functional groups attached to an aromatic ring is 1. The first-order valence-corrected chi connectivity index (χ1v) is 11.0. The molecular formula is C21H23N3OS2. The number of nitrogens with zero attached hydrogens (tertiary/aromatic N) is 2. The lowest BCUT2D eigenvalue weighted by atomic mass is 9.96. The van der Waals surface area contributed by atoms with Gasteiger partial charge in [-0.15, -0.1) is 11.3 Å². The van der Waals surface area contributed by atoms with E-state index in [9.17, 15) is 0 Å². The van der Waals surface area contributed by atoms with E-state index in [-0.39, 0.29) is 6.10 Å². The van der Waals surface area contributed by atoms with Gasteiger partial charge in [0.2, 0.25) is 0 Å². The van der Waals surface area contributed by atoms with E-state index < -0.39 is 0 Å². The summed E-state index contributed by atoms with van der Waals surface area (Å²) in [5.74, 6) is 1.89. The van der Waals surface area contributed by atoms with Gasteiger partial charge in [-0.25, -0.2) is 9.97 Å². The van der Waals surface area contributed by atoms with Gasteiger partial charge in [-0.2, -0.15) is 0 Å². The minimum atomic E-state index is 0.242. The van der Waals surface area contributed by atoms with Crippen molar-refractivity contribution >= 4 is 45.2 Å². The summed E-state index contributed by atoms with van der Waals surface area (Å²) in [4.78, 5) is 11.5. The Balaban J connectivity index is 1.52. The van der Waals surface area contributed by atoms with E-state index in [1.807, 2.05) is 18.2 Å². The fourth-order valence-electron chi connectivity index (χ4n) is 3.25. The van der Waals surface area contributed by atoms with E-state index in [4.69, 9.17) is 15.5 Å². The zero-order valence-electron chi connectivity index (χ0n) is 15.5. The monoisotopic (exact) mass is 397 g/mol. The molecule has 1 atom stereocenters. The fraction of sp³-hybridized carbons (Fsp3) is 0.333. The van der Waals surface area contributed by atoms with Gasteiger partial charge < -0.3 is 10.5 Å². The third-order valence-corrected chi connectivity index (χ3v) is 6.64. The summed E-state index contributed by atoms with van der Waals surface area (Å²) in [7, 11) is 0. The lowest BCUT2D eigenvalue weighted by Crippen LogP contribution is -2.26. The number of aromatic nitrogens is 2. The molecule has 4 rings (SSSR count). The molecule has 1 unspecified atom stereocenters. The molecule has 3 heterocycles. The lowest BCUT2D eigenvalue weighted by molar-refractivity contribution is 0.00203. The van der Waals surface area contributed by atoms with Gasteiger partial charge in [0.15, 0.2) is 5.16 Å². The second-order valence-electron chi connectivity index (χ2n) is 7.00. The summed E-state index contributed by atoms with van der Waals surface area (Å²) in [5.41, 5.74) is 8.81. The largest absolute Gasteiger partial charge is 0.383 e. The Bertz CT molecular complexity index is 966. The molecule has 0 saturated heterocycles. The molecule has 2 aromatic heterocycles. The second kappa shape index (κ2) is 8.00. The highest BCUT2D eigenvalue weighted by atomic mass is 32.2. The summed E-state index contributed by atoms with van der Waals surface area (Å²) in [6.45, 7) is 5.05. The smallest absolute Gasteiger partial charge is 0.191 e. The van der Waals surface area contributed by atoms with Crippen LogP contribution >= 0.6 is 23.1 Å². The van der Waals surface area contributed by atoms with E-state index in [2.05, 4.69) is 43.1 Å². The van der Waals surface area contributed by atoms with Crippen molar-refractivity contribution < 1.29 is 4.74 Å². The van der Waals surface area contributed by atoms with Gasteiger partial charge in [0.1, 0.15) is 10.6 Å². The van der Waals surface area contributed by atoms with Crippen LogP contribution in [0.15, 0.2) is 41.6 Å². The van der Waals surface area contributed by atoms with Crippen molar-refractivity contribution in [3.05, 3.63) is 52.4 Å². The van der Waals surface area contributed by atoms with Crippen molar-refractivity contribution in [1.82, 2.24) is 9.97 Å². The molecule has 0 amide bonds. The number of thioether (sulfide) groups is 1. The number of hydrogen-bond donors (Lipinski definition) is 1. The van der Waals surface area contributed by atoms with Gasteiger partial charge in [-0.1, -0.05) is 68.1 Å². The van der Waals surface area contributed by atoms with Crippen LogP contribution in [-0.2, 0) is 17.8 Å². The Hall–Kier alpha value is -1.89. The Morgan fingerprint density at radius 2 is 2.11 bits per heavy atom. The van der Waals surface area contributed by atoms with E-state index in [0.29, 0.717) is 18.3 Å². The van der Waals surface area contributed by atoms with Gasteiger partial charge in [-0.3, -0.25) is 0 Å². The molecule has 1 aliphatic rings. The maximum atomic E-state index is 6.33. The van der Waals surface area contributed by atoms with Gasteiger partial charge in [0, 0.05) is 17.1 Å². The Morgan fingerprint density at radius 3 is 2.89 bits per heavy atom. The molecule has 0 saturated carbocycles. The SMILES string of the molecule is CC(C)C1Cc2c(sc3nc(SC/C=C/c4ccccc4)nc(N)c23)CO1. The maximum absolute atomic E-state index is 6.33. The van der Waals surface area contributed by atoms with Gasteiger partial charge in [0.25, 0.3) is 0 Å². The molecule has 4 nitrogen and oxygen atoms in total. The third kappa shape index (κ3) is 4.03. The molecule has 0 fully saturated rings. The van der Waals surface area contributed by atoms with E-state index in [1.54, 1.807) is 23.1 Å². The number of fused-ring (bicyclic) bond motifs is 3. The van der Waals surface area contributed by atoms with Crippen LogP contribution in [0.25, 0.3) is 16.3 Å². The number of thiophene rings is 1. The number of rotatable bonds is 5. The van der Waals surface area contributed by atoms with Crippen LogP contribution in [-0.4, -0.2) is 21.8 Å². The molecule has 6 heteroatoms. The van der Waals surface area contributed by atoms with Gasteiger partial charge in [-0.05, 0) is 17.0 Å². The Kier molecular flexibility index (Phi) is 5.48. The predicted octanol–water partition coefficient (Wildman–Crippen LogP) is 5.18. The summed E-state index contributed by atoms with van der Waals surface area (Å²) >= 11 is 3.30. The fourth-order valence-corrected chi connectivity index (χ4v) is 5.10. The van der Waals surface area contributed by atoms with Crippen molar-refractivity contribution in [3.63, 3.8) is 0 Å².